The normalized spacial score (nSPS) is 12.7. The van der Waals surface area contributed by atoms with Crippen LogP contribution in [0.2, 0.25) is 0 Å². The van der Waals surface area contributed by atoms with Crippen LogP contribution in [0.4, 0.5) is 5.69 Å². The maximum atomic E-state index is 14.2. The van der Waals surface area contributed by atoms with Crippen LogP contribution in [0.25, 0.3) is 0 Å². The van der Waals surface area contributed by atoms with Crippen molar-refractivity contribution in [1.29, 1.82) is 0 Å². The van der Waals surface area contributed by atoms with Crippen LogP contribution < -0.4 is 14.4 Å². The third-order valence-electron chi connectivity index (χ3n) is 6.95. The number of hydrogen-bond donors (Lipinski definition) is 1. The first kappa shape index (κ1) is 30.7. The molecule has 3 rings (SSSR count). The van der Waals surface area contributed by atoms with Gasteiger partial charge in [0.05, 0.1) is 17.7 Å². The van der Waals surface area contributed by atoms with Crippen molar-refractivity contribution in [2.75, 3.05) is 18.0 Å². The number of methoxy groups -OCH3 is 1. The number of amides is 2. The molecule has 0 aliphatic heterocycles. The minimum absolute atomic E-state index is 0.0423. The summed E-state index contributed by atoms with van der Waals surface area (Å²) in [7, 11) is -2.72. The number of sulfonamides is 1. The average molecular weight is 566 g/mol. The number of carbonyl (C=O) groups excluding carboxylic acids is 2. The molecule has 1 N–H and O–H groups in total. The number of rotatable bonds is 13. The van der Waals surface area contributed by atoms with Gasteiger partial charge in [0.25, 0.3) is 10.0 Å². The van der Waals surface area contributed by atoms with E-state index in [0.717, 1.165) is 21.9 Å². The van der Waals surface area contributed by atoms with Crippen LogP contribution in [0.1, 0.15) is 44.7 Å². The lowest BCUT2D eigenvalue weighted by molar-refractivity contribution is -0.140. The van der Waals surface area contributed by atoms with E-state index in [1.165, 1.54) is 24.1 Å². The molecule has 0 aliphatic carbocycles. The van der Waals surface area contributed by atoms with Gasteiger partial charge in [0.2, 0.25) is 11.8 Å². The zero-order valence-electron chi connectivity index (χ0n) is 23.8. The highest BCUT2D eigenvalue weighted by molar-refractivity contribution is 7.92. The van der Waals surface area contributed by atoms with Crippen molar-refractivity contribution in [1.82, 2.24) is 10.2 Å². The quantitative estimate of drug-likeness (QED) is 0.317. The van der Waals surface area contributed by atoms with Crippen molar-refractivity contribution in [2.24, 2.45) is 0 Å². The van der Waals surface area contributed by atoms with Gasteiger partial charge in [-0.05, 0) is 62.1 Å². The number of nitrogens with zero attached hydrogens (tertiary/aromatic N) is 2. The zero-order chi connectivity index (χ0) is 29.3. The Labute approximate surface area is 238 Å². The van der Waals surface area contributed by atoms with E-state index in [4.69, 9.17) is 4.74 Å². The summed E-state index contributed by atoms with van der Waals surface area (Å²) in [6.07, 6.45) is 1.10. The average Bonchev–Trinajstić information content (AvgIpc) is 2.96. The van der Waals surface area contributed by atoms with E-state index in [1.807, 2.05) is 52.0 Å². The van der Waals surface area contributed by atoms with Gasteiger partial charge in [0, 0.05) is 12.6 Å². The van der Waals surface area contributed by atoms with Crippen molar-refractivity contribution in [3.8, 4) is 5.75 Å². The number of hydrogen-bond acceptors (Lipinski definition) is 5. The first-order chi connectivity index (χ1) is 19.1. The van der Waals surface area contributed by atoms with Crippen LogP contribution in [-0.2, 0) is 26.2 Å². The molecule has 9 heteroatoms. The van der Waals surface area contributed by atoms with Gasteiger partial charge >= 0.3 is 0 Å². The SMILES string of the molecule is CC[C@H](C(=O)N[C@@H](C)CC)N(Cc1ccccc1C)C(=O)CN(c1ccccc1OC)S(=O)(=O)c1ccccc1. The lowest BCUT2D eigenvalue weighted by Gasteiger charge is -2.34. The molecule has 3 aromatic rings. The Hall–Kier alpha value is -3.85. The van der Waals surface area contributed by atoms with Gasteiger partial charge in [-0.3, -0.25) is 13.9 Å². The molecule has 0 aromatic heterocycles. The van der Waals surface area contributed by atoms with Gasteiger partial charge in [-0.25, -0.2) is 8.42 Å². The number of aryl methyl sites for hydroxylation is 1. The van der Waals surface area contributed by atoms with Gasteiger partial charge < -0.3 is 15.0 Å². The third-order valence-corrected chi connectivity index (χ3v) is 8.73. The minimum Gasteiger partial charge on any atom is -0.495 e. The van der Waals surface area contributed by atoms with Crippen LogP contribution in [0.3, 0.4) is 0 Å². The van der Waals surface area contributed by atoms with Crippen molar-refractivity contribution in [2.45, 2.75) is 64.1 Å². The van der Waals surface area contributed by atoms with Gasteiger partial charge in [0.1, 0.15) is 18.3 Å². The van der Waals surface area contributed by atoms with Crippen molar-refractivity contribution in [3.63, 3.8) is 0 Å². The molecule has 0 spiro atoms. The maximum Gasteiger partial charge on any atom is 0.264 e. The molecule has 2 amide bonds. The molecule has 0 aliphatic rings. The number of benzene rings is 3. The molecule has 0 heterocycles. The summed E-state index contributed by atoms with van der Waals surface area (Å²) in [4.78, 5) is 29.1. The Morgan fingerprint density at radius 2 is 1.52 bits per heavy atom. The molecule has 0 radical (unpaired) electrons. The van der Waals surface area contributed by atoms with Crippen molar-refractivity contribution >= 4 is 27.5 Å². The Morgan fingerprint density at radius 3 is 2.15 bits per heavy atom. The lowest BCUT2D eigenvalue weighted by Crippen LogP contribution is -2.53. The fraction of sp³-hybridized carbons (Fsp3) is 0.355. The molecular formula is C31H39N3O5S. The van der Waals surface area contributed by atoms with E-state index < -0.39 is 28.5 Å². The van der Waals surface area contributed by atoms with Crippen LogP contribution in [0.5, 0.6) is 5.75 Å². The molecule has 0 unspecified atom stereocenters. The number of ether oxygens (including phenoxy) is 1. The summed E-state index contributed by atoms with van der Waals surface area (Å²) in [5, 5.41) is 2.99. The van der Waals surface area contributed by atoms with Crippen LogP contribution in [0, 0.1) is 6.92 Å². The predicted octanol–water partition coefficient (Wildman–Crippen LogP) is 4.92. The predicted molar refractivity (Wildman–Crippen MR) is 158 cm³/mol. The highest BCUT2D eigenvalue weighted by atomic mass is 32.2. The van der Waals surface area contributed by atoms with Crippen molar-refractivity contribution in [3.05, 3.63) is 90.0 Å². The standard InChI is InChI=1S/C31H39N3O5S/c1-6-24(4)32-31(36)27(7-2)33(21-25-16-12-11-15-23(25)3)30(35)22-34(28-19-13-14-20-29(28)39-5)40(37,38)26-17-9-8-10-18-26/h8-20,24,27H,6-7,21-22H2,1-5H3,(H,32,36)/t24-,27+/m0/s1. The molecular weight excluding hydrogens is 526 g/mol. The van der Waals surface area contributed by atoms with E-state index >= 15 is 0 Å². The fourth-order valence-electron chi connectivity index (χ4n) is 4.40. The molecule has 0 bridgehead atoms. The zero-order valence-corrected chi connectivity index (χ0v) is 24.6. The molecule has 214 valence electrons. The highest BCUT2D eigenvalue weighted by Gasteiger charge is 2.35. The largest absolute Gasteiger partial charge is 0.495 e. The molecule has 0 saturated carbocycles. The second-order valence-corrected chi connectivity index (χ2v) is 11.5. The molecule has 3 aromatic carbocycles. The summed E-state index contributed by atoms with van der Waals surface area (Å²) >= 11 is 0. The van der Waals surface area contributed by atoms with Crippen LogP contribution in [-0.4, -0.2) is 50.9 Å². The van der Waals surface area contributed by atoms with E-state index in [-0.39, 0.29) is 29.1 Å². The van der Waals surface area contributed by atoms with Gasteiger partial charge in [-0.15, -0.1) is 0 Å². The minimum atomic E-state index is -4.17. The van der Waals surface area contributed by atoms with Gasteiger partial charge in [0.15, 0.2) is 0 Å². The van der Waals surface area contributed by atoms with Crippen LogP contribution in [0.15, 0.2) is 83.8 Å². The van der Waals surface area contributed by atoms with E-state index in [1.54, 1.807) is 42.5 Å². The van der Waals surface area contributed by atoms with Crippen LogP contribution >= 0.6 is 0 Å². The van der Waals surface area contributed by atoms with Gasteiger partial charge in [-0.2, -0.15) is 0 Å². The highest BCUT2D eigenvalue weighted by Crippen LogP contribution is 2.32. The molecule has 2 atom stereocenters. The van der Waals surface area contributed by atoms with E-state index in [2.05, 4.69) is 5.32 Å². The fourth-order valence-corrected chi connectivity index (χ4v) is 5.85. The Morgan fingerprint density at radius 1 is 0.900 bits per heavy atom. The Kier molecular flexibility index (Phi) is 10.7. The van der Waals surface area contributed by atoms with Crippen molar-refractivity contribution < 1.29 is 22.7 Å². The number of anilines is 1. The lowest BCUT2D eigenvalue weighted by atomic mass is 10.1. The number of nitrogens with one attached hydrogen (secondary N) is 1. The van der Waals surface area contributed by atoms with E-state index in [9.17, 15) is 18.0 Å². The second kappa shape index (κ2) is 14.0. The first-order valence-electron chi connectivity index (χ1n) is 13.5. The maximum absolute atomic E-state index is 14.2. The topological polar surface area (TPSA) is 96.0 Å². The third kappa shape index (κ3) is 7.21. The molecule has 0 fully saturated rings. The first-order valence-corrected chi connectivity index (χ1v) is 14.9. The Bertz CT molecular complexity index is 1390. The smallest absolute Gasteiger partial charge is 0.264 e. The molecule has 40 heavy (non-hydrogen) atoms. The summed E-state index contributed by atoms with van der Waals surface area (Å²) < 4.78 is 34.4. The number of para-hydroxylation sites is 2. The second-order valence-electron chi connectivity index (χ2n) is 9.69. The molecule has 8 nitrogen and oxygen atoms in total. The monoisotopic (exact) mass is 565 g/mol. The molecule has 0 saturated heterocycles. The summed E-state index contributed by atoms with van der Waals surface area (Å²) in [6.45, 7) is 7.31. The number of carbonyl (C=O) groups is 2. The van der Waals surface area contributed by atoms with E-state index in [0.29, 0.717) is 12.2 Å². The Balaban J connectivity index is 2.10. The van der Waals surface area contributed by atoms with Gasteiger partial charge in [-0.1, -0.05) is 68.4 Å². The summed E-state index contributed by atoms with van der Waals surface area (Å²) in [6, 6.07) is 21.4. The summed E-state index contributed by atoms with van der Waals surface area (Å²) in [5.74, 6) is -0.463. The summed E-state index contributed by atoms with van der Waals surface area (Å²) in [5.41, 5.74) is 2.08.